The number of hydrogen-bond donors (Lipinski definition) is 0. The van der Waals surface area contributed by atoms with Crippen molar-refractivity contribution in [3.63, 3.8) is 0 Å². The molecule has 2 unspecified atom stereocenters. The Bertz CT molecular complexity index is 89.4. The molecule has 0 N–H and O–H groups in total. The summed E-state index contributed by atoms with van der Waals surface area (Å²) in [4.78, 5) is 0. The summed E-state index contributed by atoms with van der Waals surface area (Å²) in [7, 11) is 7.47. The average molecular weight is 320 g/mol. The minimum absolute atomic E-state index is 1.18. The van der Waals surface area contributed by atoms with Gasteiger partial charge in [-0.3, -0.25) is 4.67 Å². The van der Waals surface area contributed by atoms with Gasteiger partial charge >= 0.3 is 0 Å². The molecule has 0 saturated carbocycles. The Balaban J connectivity index is 2.91. The van der Waals surface area contributed by atoms with Crippen LogP contribution < -0.4 is 0 Å². The molecule has 0 aliphatic rings. The van der Waals surface area contributed by atoms with Gasteiger partial charge < -0.3 is 0 Å². The van der Waals surface area contributed by atoms with E-state index in [0.29, 0.717) is 0 Å². The fourth-order valence-electron chi connectivity index (χ4n) is 0.978. The van der Waals surface area contributed by atoms with E-state index in [9.17, 15) is 0 Å². The van der Waals surface area contributed by atoms with Crippen LogP contribution in [0.1, 0.15) is 25.7 Å². The molecule has 0 spiro atoms. The quantitative estimate of drug-likeness (QED) is 0.308. The minimum Gasteiger partial charge on any atom is -0.290 e. The molecule has 0 aliphatic heterocycles. The van der Waals surface area contributed by atoms with Gasteiger partial charge in [0.05, 0.1) is 0 Å². The van der Waals surface area contributed by atoms with Crippen LogP contribution in [0.3, 0.4) is 0 Å². The Morgan fingerprint density at radius 1 is 1.00 bits per heavy atom. The lowest BCUT2D eigenvalue weighted by Gasteiger charge is -2.09. The third-order valence-electron chi connectivity index (χ3n) is 1.63. The first-order valence-corrected chi connectivity index (χ1v) is 6.26. The zero-order valence-electron chi connectivity index (χ0n) is 7.67. The maximum Gasteiger partial charge on any atom is 0.0238 e. The summed E-state index contributed by atoms with van der Waals surface area (Å²) in [6.45, 7) is 2.38. The maximum atomic E-state index is 2.69. The van der Waals surface area contributed by atoms with E-state index in [2.05, 4.69) is 56.2 Å². The molecule has 2 atom stereocenters. The van der Waals surface area contributed by atoms with Crippen LogP contribution >= 0.6 is 41.6 Å². The van der Waals surface area contributed by atoms with Crippen LogP contribution in [0.15, 0.2) is 0 Å². The van der Waals surface area contributed by atoms with E-state index in [1.807, 2.05) is 0 Å². The summed E-state index contributed by atoms with van der Waals surface area (Å²) in [6, 6.07) is 0. The predicted octanol–water partition coefficient (Wildman–Crippen LogP) is 2.71. The highest BCUT2D eigenvalue weighted by Gasteiger charge is 1.93. The van der Waals surface area contributed by atoms with Crippen LogP contribution in [0.5, 0.6) is 0 Å². The smallest absolute Gasteiger partial charge is 0.0238 e. The third-order valence-corrected chi connectivity index (χ3v) is 2.63. The molecule has 0 amide bonds. The second-order valence-corrected chi connectivity index (χ2v) is 6.81. The summed E-state index contributed by atoms with van der Waals surface area (Å²) < 4.78 is 4.31. The minimum atomic E-state index is 1.18. The topological polar surface area (TPSA) is 6.48 Å². The van der Waals surface area contributed by atoms with E-state index in [0.717, 1.165) is 0 Å². The summed E-state index contributed by atoms with van der Waals surface area (Å²) in [5.74, 6) is 0. The number of hydrogen-bond acceptors (Lipinski definition) is 2. The number of nitrogens with zero attached hydrogens (tertiary/aromatic N) is 2. The molecule has 0 aromatic rings. The Kier molecular flexibility index (Phi) is 10.2. The molecular formula is C7H19IN2P2. The lowest BCUT2D eigenvalue weighted by molar-refractivity contribution is 0.507. The van der Waals surface area contributed by atoms with Gasteiger partial charge in [0.15, 0.2) is 0 Å². The normalized spacial score (nSPS) is 11.5. The fourth-order valence-corrected chi connectivity index (χ4v) is 1.68. The first-order valence-electron chi connectivity index (χ1n) is 4.27. The lowest BCUT2D eigenvalue weighted by Crippen LogP contribution is -2.05. The van der Waals surface area contributed by atoms with Gasteiger partial charge in [0.25, 0.3) is 0 Å². The Morgan fingerprint density at radius 2 is 1.50 bits per heavy atom. The molecule has 0 aromatic heterocycles. The monoisotopic (exact) mass is 320 g/mol. The van der Waals surface area contributed by atoms with Gasteiger partial charge in [0.2, 0.25) is 0 Å². The van der Waals surface area contributed by atoms with Gasteiger partial charge in [-0.1, -0.05) is 31.6 Å². The fraction of sp³-hybridized carbons (Fsp3) is 1.00. The molecular weight excluding hydrogens is 301 g/mol. The second-order valence-electron chi connectivity index (χ2n) is 3.02. The number of rotatable bonds is 7. The average Bonchev–Trinajstić information content (AvgIpc) is 1.95. The first kappa shape index (κ1) is 13.5. The summed E-state index contributed by atoms with van der Waals surface area (Å²) >= 11 is 2.30. The van der Waals surface area contributed by atoms with Crippen molar-refractivity contribution < 1.29 is 0 Å². The van der Waals surface area contributed by atoms with E-state index in [-0.39, 0.29) is 0 Å². The SMILES string of the molecule is CN(P)CCCCCCN(P)I. The van der Waals surface area contributed by atoms with E-state index >= 15 is 0 Å². The molecule has 2 nitrogen and oxygen atoms in total. The Labute approximate surface area is 94.8 Å². The van der Waals surface area contributed by atoms with Gasteiger partial charge in [-0.2, -0.15) is 0 Å². The lowest BCUT2D eigenvalue weighted by atomic mass is 10.2. The summed E-state index contributed by atoms with van der Waals surface area (Å²) in [6.07, 6.45) is 5.34. The van der Waals surface area contributed by atoms with Crippen molar-refractivity contribution >= 4 is 41.6 Å². The van der Waals surface area contributed by atoms with Crippen molar-refractivity contribution in [1.82, 2.24) is 7.55 Å². The molecule has 0 bridgehead atoms. The van der Waals surface area contributed by atoms with Gasteiger partial charge in [-0.25, -0.2) is 2.88 Å². The van der Waals surface area contributed by atoms with Crippen molar-refractivity contribution in [1.29, 1.82) is 0 Å². The zero-order valence-corrected chi connectivity index (χ0v) is 12.1. The van der Waals surface area contributed by atoms with Crippen molar-refractivity contribution in [3.8, 4) is 0 Å². The van der Waals surface area contributed by atoms with E-state index < -0.39 is 0 Å². The van der Waals surface area contributed by atoms with Crippen molar-refractivity contribution in [3.05, 3.63) is 0 Å². The van der Waals surface area contributed by atoms with Gasteiger partial charge in [0, 0.05) is 36.0 Å². The van der Waals surface area contributed by atoms with Gasteiger partial charge in [0.1, 0.15) is 0 Å². The van der Waals surface area contributed by atoms with Crippen molar-refractivity contribution in [2.45, 2.75) is 25.7 Å². The molecule has 0 aromatic carbocycles. The van der Waals surface area contributed by atoms with Crippen molar-refractivity contribution in [2.75, 3.05) is 20.1 Å². The molecule has 12 heavy (non-hydrogen) atoms. The molecule has 0 saturated heterocycles. The van der Waals surface area contributed by atoms with Crippen LogP contribution in [-0.2, 0) is 0 Å². The van der Waals surface area contributed by atoms with Crippen LogP contribution in [0.25, 0.3) is 0 Å². The van der Waals surface area contributed by atoms with Crippen molar-refractivity contribution in [2.24, 2.45) is 0 Å². The van der Waals surface area contributed by atoms with E-state index in [1.165, 1.54) is 38.8 Å². The van der Waals surface area contributed by atoms with Crippen LogP contribution in [0, 0.1) is 0 Å². The highest BCUT2D eigenvalue weighted by molar-refractivity contribution is 14.1. The van der Waals surface area contributed by atoms with Crippen LogP contribution in [-0.4, -0.2) is 27.7 Å². The molecule has 5 heteroatoms. The summed E-state index contributed by atoms with van der Waals surface area (Å²) in [5.41, 5.74) is 0. The highest BCUT2D eigenvalue weighted by Crippen LogP contribution is 2.10. The first-order chi connectivity index (χ1) is 5.63. The predicted molar refractivity (Wildman–Crippen MR) is 71.2 cm³/mol. The van der Waals surface area contributed by atoms with Crippen LogP contribution in [0.4, 0.5) is 0 Å². The van der Waals surface area contributed by atoms with Crippen LogP contribution in [0.2, 0.25) is 0 Å². The van der Waals surface area contributed by atoms with Gasteiger partial charge in [-0.05, 0) is 19.9 Å². The molecule has 0 aliphatic carbocycles. The number of halogens is 1. The molecule has 0 heterocycles. The standard InChI is InChI=1S/C7H19IN2P2/c1-9(11)6-4-2-3-5-7-10(8)12/h2-7,11-12H2,1H3. The second kappa shape index (κ2) is 9.08. The molecule has 74 valence electrons. The van der Waals surface area contributed by atoms with Gasteiger partial charge in [-0.15, -0.1) is 0 Å². The largest absolute Gasteiger partial charge is 0.290 e. The third kappa shape index (κ3) is 11.5. The summed E-state index contributed by atoms with van der Waals surface area (Å²) in [5, 5.41) is 0. The molecule has 0 rings (SSSR count). The number of unbranched alkanes of at least 4 members (excludes halogenated alkanes) is 3. The molecule has 0 radical (unpaired) electrons. The Hall–Kier alpha value is 1.51. The molecule has 0 fully saturated rings. The van der Waals surface area contributed by atoms with E-state index in [4.69, 9.17) is 0 Å². The zero-order chi connectivity index (χ0) is 9.40. The highest BCUT2D eigenvalue weighted by atomic mass is 127. The maximum absolute atomic E-state index is 2.69. The van der Waals surface area contributed by atoms with E-state index in [1.54, 1.807) is 0 Å². The Morgan fingerprint density at radius 3 is 1.92 bits per heavy atom.